The Morgan fingerprint density at radius 2 is 2.04 bits per heavy atom. The molecule has 0 amide bonds. The van der Waals surface area contributed by atoms with Crippen LogP contribution >= 0.6 is 0 Å². The number of carbonyl (C=O) groups is 1. The van der Waals surface area contributed by atoms with Crippen LogP contribution in [0, 0.1) is 28.6 Å². The van der Waals surface area contributed by atoms with Crippen LogP contribution in [0.25, 0.3) is 0 Å². The lowest BCUT2D eigenvalue weighted by Gasteiger charge is -2.52. The summed E-state index contributed by atoms with van der Waals surface area (Å²) >= 11 is 0. The Bertz CT molecular complexity index is 766. The molecular weight excluding hydrogens is 332 g/mol. The van der Waals surface area contributed by atoms with E-state index >= 15 is 0 Å². The van der Waals surface area contributed by atoms with Crippen molar-refractivity contribution >= 4 is 5.97 Å². The topological polar surface area (TPSA) is 71.6 Å². The van der Waals surface area contributed by atoms with Gasteiger partial charge in [-0.15, -0.1) is 0 Å². The van der Waals surface area contributed by atoms with Crippen molar-refractivity contribution in [3.63, 3.8) is 0 Å². The summed E-state index contributed by atoms with van der Waals surface area (Å²) < 4.78 is 17.7. The SMILES string of the molecule is CC(C)[C@]12O[C@H]1[C@@H]1C[C@]1([C@@]1(C)CCC3=C(COC3=O)[C@@H]1C)[C@@]1(CO1)[C@@H]2O. The summed E-state index contributed by atoms with van der Waals surface area (Å²) in [7, 11) is 0. The Morgan fingerprint density at radius 1 is 1.31 bits per heavy atom. The van der Waals surface area contributed by atoms with E-state index in [-0.39, 0.29) is 34.7 Å². The van der Waals surface area contributed by atoms with Crippen LogP contribution in [0.4, 0.5) is 0 Å². The molecule has 0 radical (unpaired) electrons. The average Bonchev–Trinajstić information content (AvgIpc) is 3.48. The second-order valence-corrected chi connectivity index (χ2v) is 10.1. The number of hydrogen-bond donors (Lipinski definition) is 1. The minimum absolute atomic E-state index is 0.00293. The van der Waals surface area contributed by atoms with E-state index in [4.69, 9.17) is 14.2 Å². The first-order valence-corrected chi connectivity index (χ1v) is 10.1. The Morgan fingerprint density at radius 3 is 2.69 bits per heavy atom. The quantitative estimate of drug-likeness (QED) is 0.604. The fraction of sp³-hybridized carbons (Fsp3) is 0.857. The normalized spacial score (nSPS) is 59.1. The smallest absolute Gasteiger partial charge is 0.334 e. The minimum atomic E-state index is -0.556. The number of epoxide rings is 2. The molecule has 6 rings (SSSR count). The van der Waals surface area contributed by atoms with Gasteiger partial charge in [0.15, 0.2) is 0 Å². The molecule has 0 aromatic heterocycles. The van der Waals surface area contributed by atoms with Gasteiger partial charge < -0.3 is 19.3 Å². The van der Waals surface area contributed by atoms with Gasteiger partial charge in [0, 0.05) is 11.0 Å². The van der Waals surface area contributed by atoms with Crippen LogP contribution in [0.1, 0.15) is 47.0 Å². The molecule has 0 bridgehead atoms. The van der Waals surface area contributed by atoms with Gasteiger partial charge in [-0.3, -0.25) is 0 Å². The molecule has 8 atom stereocenters. The highest BCUT2D eigenvalue weighted by Gasteiger charge is 2.94. The number of rotatable bonds is 2. The second-order valence-electron chi connectivity index (χ2n) is 10.1. The first-order chi connectivity index (χ1) is 12.3. The van der Waals surface area contributed by atoms with E-state index in [1.807, 2.05) is 0 Å². The van der Waals surface area contributed by atoms with Crippen LogP contribution in [-0.2, 0) is 19.0 Å². The summed E-state index contributed by atoms with van der Waals surface area (Å²) in [5.41, 5.74) is 1.18. The Labute approximate surface area is 154 Å². The predicted molar refractivity (Wildman–Crippen MR) is 92.2 cm³/mol. The zero-order chi connectivity index (χ0) is 18.3. The number of fused-ring (bicyclic) bond motifs is 4. The van der Waals surface area contributed by atoms with Gasteiger partial charge >= 0.3 is 5.97 Å². The van der Waals surface area contributed by atoms with Crippen molar-refractivity contribution in [2.75, 3.05) is 13.2 Å². The van der Waals surface area contributed by atoms with Crippen LogP contribution in [0.3, 0.4) is 0 Å². The summed E-state index contributed by atoms with van der Waals surface area (Å²) in [6, 6.07) is 0. The molecule has 4 fully saturated rings. The average molecular weight is 360 g/mol. The van der Waals surface area contributed by atoms with E-state index in [1.165, 1.54) is 5.57 Å². The first-order valence-electron chi connectivity index (χ1n) is 10.1. The lowest BCUT2D eigenvalue weighted by atomic mass is 9.50. The van der Waals surface area contributed by atoms with Crippen molar-refractivity contribution in [2.45, 2.75) is 70.4 Å². The van der Waals surface area contributed by atoms with E-state index < -0.39 is 17.3 Å². The minimum Gasteiger partial charge on any atom is -0.458 e. The molecule has 1 spiro atoms. The Hall–Kier alpha value is -0.910. The van der Waals surface area contributed by atoms with Gasteiger partial charge in [-0.1, -0.05) is 27.7 Å². The summed E-state index contributed by atoms with van der Waals surface area (Å²) in [5, 5.41) is 11.4. The summed E-state index contributed by atoms with van der Waals surface area (Å²) in [6.07, 6.45) is 2.42. The number of hydrogen-bond acceptors (Lipinski definition) is 5. The van der Waals surface area contributed by atoms with Crippen LogP contribution < -0.4 is 0 Å². The first kappa shape index (κ1) is 16.1. The number of carbonyl (C=O) groups excluding carboxylic acids is 1. The summed E-state index contributed by atoms with van der Waals surface area (Å²) in [4.78, 5) is 12.0. The summed E-state index contributed by atoms with van der Waals surface area (Å²) in [5.74, 6) is 0.891. The van der Waals surface area contributed by atoms with E-state index in [0.29, 0.717) is 19.1 Å². The highest BCUT2D eigenvalue weighted by molar-refractivity contribution is 5.92. The maximum Gasteiger partial charge on any atom is 0.334 e. The number of aliphatic hydroxyl groups excluding tert-OH is 1. The third-order valence-electron chi connectivity index (χ3n) is 9.47. The molecule has 5 nitrogen and oxygen atoms in total. The van der Waals surface area contributed by atoms with E-state index in [1.54, 1.807) is 0 Å². The van der Waals surface area contributed by atoms with Gasteiger partial charge in [0.2, 0.25) is 0 Å². The van der Waals surface area contributed by atoms with Gasteiger partial charge in [-0.05, 0) is 48.0 Å². The van der Waals surface area contributed by atoms with Gasteiger partial charge in [0.25, 0.3) is 0 Å². The van der Waals surface area contributed by atoms with Crippen LogP contribution in [0.5, 0.6) is 0 Å². The lowest BCUT2D eigenvalue weighted by Crippen LogP contribution is -2.61. The standard InChI is InChI=1S/C21H28O5/c1-10(2)21-15(26-21)14-7-19(14,20(9-25-20)17(21)23)18(4)6-5-12-13(11(18)3)8-24-16(12)22/h10-11,14-15,17,23H,5-9H2,1-4H3/t11-,14-,15-,17-,18-,19-,20+,21-/m0/s1. The fourth-order valence-electron chi connectivity index (χ4n) is 7.66. The third kappa shape index (κ3) is 1.36. The third-order valence-corrected chi connectivity index (χ3v) is 9.47. The molecule has 3 aliphatic heterocycles. The van der Waals surface area contributed by atoms with Crippen molar-refractivity contribution in [3.05, 3.63) is 11.1 Å². The predicted octanol–water partition coefficient (Wildman–Crippen LogP) is 2.22. The molecule has 1 N–H and O–H groups in total. The maximum atomic E-state index is 12.0. The fourth-order valence-corrected chi connectivity index (χ4v) is 7.66. The molecule has 3 heterocycles. The number of cyclic esters (lactones) is 1. The van der Waals surface area contributed by atoms with Crippen LogP contribution in [0.2, 0.25) is 0 Å². The lowest BCUT2D eigenvalue weighted by molar-refractivity contribution is -0.136. The Balaban J connectivity index is 1.44. The zero-order valence-corrected chi connectivity index (χ0v) is 16.0. The van der Waals surface area contributed by atoms with Crippen molar-refractivity contribution < 1.29 is 24.1 Å². The monoisotopic (exact) mass is 360 g/mol. The van der Waals surface area contributed by atoms with Crippen LogP contribution in [-0.4, -0.2) is 47.7 Å². The molecule has 0 aromatic carbocycles. The molecule has 142 valence electrons. The zero-order valence-electron chi connectivity index (χ0n) is 16.0. The largest absolute Gasteiger partial charge is 0.458 e. The molecule has 26 heavy (non-hydrogen) atoms. The van der Waals surface area contributed by atoms with Crippen molar-refractivity contribution in [1.29, 1.82) is 0 Å². The van der Waals surface area contributed by atoms with E-state index in [2.05, 4.69) is 27.7 Å². The molecule has 0 unspecified atom stereocenters. The number of esters is 1. The highest BCUT2D eigenvalue weighted by Crippen LogP contribution is 2.85. The van der Waals surface area contributed by atoms with E-state index in [0.717, 1.165) is 24.8 Å². The highest BCUT2D eigenvalue weighted by atomic mass is 16.7. The number of aliphatic hydroxyl groups is 1. The van der Waals surface area contributed by atoms with Gasteiger partial charge in [-0.25, -0.2) is 4.79 Å². The second kappa shape index (κ2) is 4.23. The molecular formula is C21H28O5. The maximum absolute atomic E-state index is 12.0. The Kier molecular flexibility index (Phi) is 2.62. The molecule has 5 heteroatoms. The molecule has 2 saturated carbocycles. The molecule has 3 aliphatic carbocycles. The van der Waals surface area contributed by atoms with Gasteiger partial charge in [0.05, 0.1) is 12.7 Å². The number of ether oxygens (including phenoxy) is 3. The van der Waals surface area contributed by atoms with Crippen molar-refractivity contribution in [3.8, 4) is 0 Å². The van der Waals surface area contributed by atoms with Crippen molar-refractivity contribution in [1.82, 2.24) is 0 Å². The molecule has 0 aromatic rings. The van der Waals surface area contributed by atoms with Crippen molar-refractivity contribution in [2.24, 2.45) is 28.6 Å². The van der Waals surface area contributed by atoms with Gasteiger partial charge in [-0.2, -0.15) is 0 Å². The van der Waals surface area contributed by atoms with Crippen LogP contribution in [0.15, 0.2) is 11.1 Å². The van der Waals surface area contributed by atoms with E-state index in [9.17, 15) is 9.90 Å². The molecule has 2 saturated heterocycles. The molecule has 6 aliphatic rings. The van der Waals surface area contributed by atoms with Gasteiger partial charge in [0.1, 0.15) is 23.9 Å². The summed E-state index contributed by atoms with van der Waals surface area (Å²) in [6.45, 7) is 10.00.